The molecule has 0 spiro atoms. The molecule has 1 aromatic carbocycles. The van der Waals surface area contributed by atoms with Crippen LogP contribution in [0.3, 0.4) is 0 Å². The summed E-state index contributed by atoms with van der Waals surface area (Å²) in [5.41, 5.74) is 1.03. The monoisotopic (exact) mass is 209 g/mol. The zero-order chi connectivity index (χ0) is 11.4. The van der Waals surface area contributed by atoms with Crippen LogP contribution in [0.1, 0.15) is 15.9 Å². The minimum absolute atomic E-state index is 0.0693. The van der Waals surface area contributed by atoms with Crippen LogP contribution in [0, 0.1) is 6.92 Å². The summed E-state index contributed by atoms with van der Waals surface area (Å²) >= 11 is 0. The molecule has 0 atom stereocenters. The van der Waals surface area contributed by atoms with Gasteiger partial charge in [0.15, 0.2) is 0 Å². The van der Waals surface area contributed by atoms with E-state index in [1.54, 1.807) is 26.1 Å². The molecule has 0 aliphatic heterocycles. The van der Waals surface area contributed by atoms with Crippen LogP contribution in [0.25, 0.3) is 0 Å². The summed E-state index contributed by atoms with van der Waals surface area (Å²) in [7, 11) is 1.61. The highest BCUT2D eigenvalue weighted by Gasteiger charge is 2.14. The molecule has 0 fully saturated rings. The third kappa shape index (κ3) is 2.47. The zero-order valence-electron chi connectivity index (χ0n) is 8.90. The molecule has 0 aliphatic carbocycles. The lowest BCUT2D eigenvalue weighted by Crippen LogP contribution is -2.29. The Bertz CT molecular complexity index is 363. The number of aliphatic hydroxyl groups is 1. The maximum Gasteiger partial charge on any atom is 0.254 e. The Morgan fingerprint density at radius 1 is 1.47 bits per heavy atom. The van der Waals surface area contributed by atoms with Crippen LogP contribution in [0.2, 0.25) is 0 Å². The molecule has 15 heavy (non-hydrogen) atoms. The molecule has 1 aromatic rings. The summed E-state index contributed by atoms with van der Waals surface area (Å²) in [6, 6.07) is 4.83. The van der Waals surface area contributed by atoms with Crippen LogP contribution in [0.15, 0.2) is 18.2 Å². The molecule has 0 bridgehead atoms. The van der Waals surface area contributed by atoms with Crippen molar-refractivity contribution < 1.29 is 15.0 Å². The van der Waals surface area contributed by atoms with E-state index in [2.05, 4.69) is 0 Å². The maximum atomic E-state index is 11.8. The Morgan fingerprint density at radius 2 is 2.13 bits per heavy atom. The summed E-state index contributed by atoms with van der Waals surface area (Å²) in [6.45, 7) is 1.91. The fraction of sp³-hybridized carbons (Fsp3) is 0.364. The van der Waals surface area contributed by atoms with Gasteiger partial charge in [-0.15, -0.1) is 0 Å². The first-order valence-electron chi connectivity index (χ1n) is 4.73. The summed E-state index contributed by atoms with van der Waals surface area (Å²) in [4.78, 5) is 13.2. The third-order valence-electron chi connectivity index (χ3n) is 2.32. The predicted molar refractivity (Wildman–Crippen MR) is 56.9 cm³/mol. The van der Waals surface area contributed by atoms with E-state index in [0.717, 1.165) is 0 Å². The van der Waals surface area contributed by atoms with Gasteiger partial charge in [-0.2, -0.15) is 0 Å². The van der Waals surface area contributed by atoms with Crippen molar-refractivity contribution in [2.45, 2.75) is 6.92 Å². The minimum Gasteiger partial charge on any atom is -0.508 e. The molecule has 0 saturated heterocycles. The van der Waals surface area contributed by atoms with Crippen molar-refractivity contribution in [3.05, 3.63) is 29.3 Å². The van der Waals surface area contributed by atoms with E-state index in [1.165, 1.54) is 11.0 Å². The highest BCUT2D eigenvalue weighted by atomic mass is 16.3. The van der Waals surface area contributed by atoms with Crippen LogP contribution in [0.5, 0.6) is 5.75 Å². The highest BCUT2D eigenvalue weighted by Crippen LogP contribution is 2.20. The van der Waals surface area contributed by atoms with Gasteiger partial charge in [0.2, 0.25) is 0 Å². The molecule has 2 N–H and O–H groups in total. The quantitative estimate of drug-likeness (QED) is 0.772. The number of hydrogen-bond donors (Lipinski definition) is 2. The number of benzene rings is 1. The van der Waals surface area contributed by atoms with Gasteiger partial charge >= 0.3 is 0 Å². The van der Waals surface area contributed by atoms with Crippen LogP contribution < -0.4 is 0 Å². The van der Waals surface area contributed by atoms with Crippen molar-refractivity contribution in [1.29, 1.82) is 0 Å². The van der Waals surface area contributed by atoms with Crippen molar-refractivity contribution in [2.24, 2.45) is 0 Å². The molecule has 0 unspecified atom stereocenters. The first-order valence-corrected chi connectivity index (χ1v) is 4.73. The second kappa shape index (κ2) is 4.79. The number of carbonyl (C=O) groups is 1. The number of amides is 1. The Hall–Kier alpha value is -1.55. The lowest BCUT2D eigenvalue weighted by molar-refractivity contribution is 0.0766. The van der Waals surface area contributed by atoms with Gasteiger partial charge in [-0.25, -0.2) is 0 Å². The summed E-state index contributed by atoms with van der Waals surface area (Å²) in [6.07, 6.45) is 0. The number of phenols is 1. The lowest BCUT2D eigenvalue weighted by atomic mass is 10.1. The Balaban J connectivity index is 2.96. The fourth-order valence-electron chi connectivity index (χ4n) is 1.31. The second-order valence-corrected chi connectivity index (χ2v) is 3.40. The van der Waals surface area contributed by atoms with Crippen molar-refractivity contribution in [2.75, 3.05) is 20.2 Å². The van der Waals surface area contributed by atoms with Crippen molar-refractivity contribution in [3.8, 4) is 5.75 Å². The number of hydrogen-bond acceptors (Lipinski definition) is 3. The van der Waals surface area contributed by atoms with Crippen LogP contribution in [-0.4, -0.2) is 41.2 Å². The van der Waals surface area contributed by atoms with E-state index < -0.39 is 0 Å². The largest absolute Gasteiger partial charge is 0.508 e. The van der Waals surface area contributed by atoms with E-state index in [9.17, 15) is 9.90 Å². The Labute approximate surface area is 88.8 Å². The number of likely N-dealkylation sites (N-methyl/N-ethyl adjacent to an activating group) is 1. The first-order chi connectivity index (χ1) is 7.07. The lowest BCUT2D eigenvalue weighted by Gasteiger charge is -2.17. The molecular weight excluding hydrogens is 194 g/mol. The van der Waals surface area contributed by atoms with E-state index in [-0.39, 0.29) is 24.8 Å². The summed E-state index contributed by atoms with van der Waals surface area (Å²) in [5, 5.41) is 18.2. The Morgan fingerprint density at radius 3 is 2.73 bits per heavy atom. The number of aliphatic hydroxyl groups excluding tert-OH is 1. The number of nitrogens with zero attached hydrogens (tertiary/aromatic N) is 1. The standard InChI is InChI=1S/C11H15NO3/c1-8-9(4-3-5-10(8)14)11(15)12(2)6-7-13/h3-5,13-14H,6-7H2,1-2H3. The normalized spacial score (nSPS) is 10.1. The van der Waals surface area contributed by atoms with Gasteiger partial charge in [-0.05, 0) is 19.1 Å². The van der Waals surface area contributed by atoms with E-state index in [0.29, 0.717) is 11.1 Å². The zero-order valence-corrected chi connectivity index (χ0v) is 8.90. The van der Waals surface area contributed by atoms with Gasteiger partial charge in [0.25, 0.3) is 5.91 Å². The third-order valence-corrected chi connectivity index (χ3v) is 2.32. The molecule has 82 valence electrons. The molecule has 1 amide bonds. The van der Waals surface area contributed by atoms with Crippen molar-refractivity contribution in [1.82, 2.24) is 4.90 Å². The minimum atomic E-state index is -0.197. The van der Waals surface area contributed by atoms with Gasteiger partial charge in [0, 0.05) is 24.7 Å². The van der Waals surface area contributed by atoms with Crippen molar-refractivity contribution >= 4 is 5.91 Å². The maximum absolute atomic E-state index is 11.8. The summed E-state index contributed by atoms with van der Waals surface area (Å²) < 4.78 is 0. The molecule has 0 radical (unpaired) electrons. The molecule has 4 nitrogen and oxygen atoms in total. The molecule has 0 heterocycles. The van der Waals surface area contributed by atoms with Gasteiger partial charge in [0.1, 0.15) is 5.75 Å². The number of phenolic OH excluding ortho intramolecular Hbond substituents is 1. The highest BCUT2D eigenvalue weighted by molar-refractivity contribution is 5.96. The molecular formula is C11H15NO3. The van der Waals surface area contributed by atoms with Crippen LogP contribution >= 0.6 is 0 Å². The van der Waals surface area contributed by atoms with Gasteiger partial charge in [-0.3, -0.25) is 4.79 Å². The number of carbonyl (C=O) groups excluding carboxylic acids is 1. The van der Waals surface area contributed by atoms with Crippen LogP contribution in [0.4, 0.5) is 0 Å². The van der Waals surface area contributed by atoms with Crippen LogP contribution in [-0.2, 0) is 0 Å². The molecule has 0 aliphatic rings. The first kappa shape index (κ1) is 11.5. The van der Waals surface area contributed by atoms with Crippen molar-refractivity contribution in [3.63, 3.8) is 0 Å². The smallest absolute Gasteiger partial charge is 0.254 e. The molecule has 0 saturated carbocycles. The predicted octanol–water partition coefficient (Wildman–Crippen LogP) is 0.765. The van der Waals surface area contributed by atoms with E-state index >= 15 is 0 Å². The Kier molecular flexibility index (Phi) is 3.68. The number of aromatic hydroxyl groups is 1. The molecule has 1 rings (SSSR count). The number of rotatable bonds is 3. The van der Waals surface area contributed by atoms with E-state index in [1.807, 2.05) is 0 Å². The topological polar surface area (TPSA) is 60.8 Å². The molecule has 4 heteroatoms. The van der Waals surface area contributed by atoms with Gasteiger partial charge < -0.3 is 15.1 Å². The SMILES string of the molecule is Cc1c(O)cccc1C(=O)N(C)CCO. The summed E-state index contributed by atoms with van der Waals surface area (Å²) in [5.74, 6) is -0.0873. The average molecular weight is 209 g/mol. The second-order valence-electron chi connectivity index (χ2n) is 3.40. The van der Waals surface area contributed by atoms with Gasteiger partial charge in [-0.1, -0.05) is 6.07 Å². The molecule has 0 aromatic heterocycles. The average Bonchev–Trinajstić information content (AvgIpc) is 2.21. The van der Waals surface area contributed by atoms with E-state index in [4.69, 9.17) is 5.11 Å². The van der Waals surface area contributed by atoms with Gasteiger partial charge in [0.05, 0.1) is 6.61 Å². The fourth-order valence-corrected chi connectivity index (χ4v) is 1.31.